The highest BCUT2D eigenvalue weighted by Gasteiger charge is 2.12. The van der Waals surface area contributed by atoms with Crippen molar-refractivity contribution in [3.05, 3.63) is 47.5 Å². The molecule has 0 saturated heterocycles. The first-order valence-electron chi connectivity index (χ1n) is 9.37. The van der Waals surface area contributed by atoms with Gasteiger partial charge in [-0.2, -0.15) is 0 Å². The molecule has 144 valence electrons. The Kier molecular flexibility index (Phi) is 9.01. The molecule has 2 rings (SSSR count). The average molecular weight is 370 g/mol. The van der Waals surface area contributed by atoms with Gasteiger partial charge in [0, 0.05) is 6.42 Å². The zero-order chi connectivity index (χ0) is 19.3. The first-order valence-corrected chi connectivity index (χ1v) is 9.37. The lowest BCUT2D eigenvalue weighted by molar-refractivity contribution is 0.0594. The molecule has 0 atom stereocenters. The van der Waals surface area contributed by atoms with Crippen LogP contribution in [0.4, 0.5) is 0 Å². The number of nitrogens with zero attached hydrogens (tertiary/aromatic N) is 2. The lowest BCUT2D eigenvalue weighted by Gasteiger charge is -2.15. The van der Waals surface area contributed by atoms with Crippen molar-refractivity contribution in [2.45, 2.75) is 44.9 Å². The molecule has 0 saturated carbocycles. The molecule has 0 aliphatic heterocycles. The van der Waals surface area contributed by atoms with Crippen LogP contribution in [-0.4, -0.2) is 37.3 Å². The van der Waals surface area contributed by atoms with Gasteiger partial charge in [-0.05, 0) is 43.0 Å². The molecule has 0 amide bonds. The molecule has 1 aliphatic carbocycles. The Morgan fingerprint density at radius 3 is 2.85 bits per heavy atom. The van der Waals surface area contributed by atoms with Crippen LogP contribution >= 0.6 is 0 Å². The van der Waals surface area contributed by atoms with E-state index < -0.39 is 5.97 Å². The summed E-state index contributed by atoms with van der Waals surface area (Å²) < 4.78 is 10.6. The molecule has 1 heterocycles. The van der Waals surface area contributed by atoms with Gasteiger partial charge in [0.2, 0.25) is 6.08 Å². The maximum atomic E-state index is 11.6. The van der Waals surface area contributed by atoms with Crippen molar-refractivity contribution in [3.63, 3.8) is 0 Å². The van der Waals surface area contributed by atoms with Crippen LogP contribution < -0.4 is 0 Å². The summed E-state index contributed by atoms with van der Waals surface area (Å²) in [6, 6.07) is 5.33. The second-order valence-corrected chi connectivity index (χ2v) is 6.30. The quantitative estimate of drug-likeness (QED) is 0.252. The molecule has 1 aromatic rings. The largest absolute Gasteiger partial charge is 0.498 e. The average Bonchev–Trinajstić information content (AvgIpc) is 2.72. The third-order valence-electron chi connectivity index (χ3n) is 4.28. The summed E-state index contributed by atoms with van der Waals surface area (Å²) in [4.78, 5) is 29.5. The number of ether oxygens (including phenoxy) is 2. The van der Waals surface area contributed by atoms with E-state index in [-0.39, 0.29) is 0 Å². The maximum Gasteiger partial charge on any atom is 0.356 e. The molecule has 1 aliphatic rings. The minimum Gasteiger partial charge on any atom is -0.498 e. The zero-order valence-electron chi connectivity index (χ0n) is 15.8. The number of isocyanates is 1. The molecule has 0 fully saturated rings. The van der Waals surface area contributed by atoms with Gasteiger partial charge in [0.1, 0.15) is 5.69 Å². The molecule has 27 heavy (non-hydrogen) atoms. The van der Waals surface area contributed by atoms with E-state index in [0.29, 0.717) is 18.8 Å². The molecule has 6 nitrogen and oxygen atoms in total. The van der Waals surface area contributed by atoms with E-state index in [0.717, 1.165) is 62.0 Å². The van der Waals surface area contributed by atoms with Crippen LogP contribution in [0.2, 0.25) is 0 Å². The number of esters is 1. The molecular formula is C21H26N2O4. The van der Waals surface area contributed by atoms with Gasteiger partial charge in [-0.15, -0.1) is 0 Å². The van der Waals surface area contributed by atoms with Crippen LogP contribution in [0.1, 0.15) is 61.1 Å². The number of methoxy groups -OCH3 is 1. The van der Waals surface area contributed by atoms with Crippen molar-refractivity contribution >= 4 is 17.6 Å². The third kappa shape index (κ3) is 7.19. The van der Waals surface area contributed by atoms with Crippen molar-refractivity contribution in [2.75, 3.05) is 20.3 Å². The molecule has 1 aromatic heterocycles. The predicted molar refractivity (Wildman–Crippen MR) is 103 cm³/mol. The molecule has 0 unspecified atom stereocenters. The number of carbonyl (C=O) groups excluding carboxylic acids is 2. The van der Waals surface area contributed by atoms with Crippen molar-refractivity contribution < 1.29 is 19.1 Å². The van der Waals surface area contributed by atoms with E-state index in [1.54, 1.807) is 18.2 Å². The lowest BCUT2D eigenvalue weighted by atomic mass is 10.0. The Bertz CT molecular complexity index is 733. The van der Waals surface area contributed by atoms with Crippen LogP contribution in [0.5, 0.6) is 0 Å². The minimum absolute atomic E-state index is 0.302. The van der Waals surface area contributed by atoms with E-state index in [1.807, 2.05) is 12.1 Å². The summed E-state index contributed by atoms with van der Waals surface area (Å²) >= 11 is 0. The molecule has 0 N–H and O–H groups in total. The summed E-state index contributed by atoms with van der Waals surface area (Å²) in [6.45, 7) is 1.27. The number of aromatic nitrogens is 1. The number of pyridine rings is 1. The van der Waals surface area contributed by atoms with Gasteiger partial charge in [-0.25, -0.2) is 19.6 Å². The number of aliphatic imine (C=N–C) groups is 1. The number of carbonyl (C=O) groups is 1. The van der Waals surface area contributed by atoms with Crippen molar-refractivity contribution in [3.8, 4) is 0 Å². The highest BCUT2D eigenvalue weighted by atomic mass is 16.5. The molecule has 0 radical (unpaired) electrons. The normalized spacial score (nSPS) is 13.2. The van der Waals surface area contributed by atoms with Gasteiger partial charge < -0.3 is 9.47 Å². The summed E-state index contributed by atoms with van der Waals surface area (Å²) in [5.74, 6) is 0.518. The minimum atomic E-state index is -0.438. The summed E-state index contributed by atoms with van der Waals surface area (Å²) in [5, 5.41) is 0. The fraction of sp³-hybridized carbons (Fsp3) is 0.476. The van der Waals surface area contributed by atoms with Crippen LogP contribution in [0.25, 0.3) is 5.57 Å². The first kappa shape index (κ1) is 20.6. The Labute approximate surface area is 160 Å². The zero-order valence-corrected chi connectivity index (χ0v) is 15.8. The second kappa shape index (κ2) is 11.8. The highest BCUT2D eigenvalue weighted by molar-refractivity contribution is 5.88. The first-order chi connectivity index (χ1) is 13.2. The highest BCUT2D eigenvalue weighted by Crippen LogP contribution is 2.25. The fourth-order valence-corrected chi connectivity index (χ4v) is 2.85. The summed E-state index contributed by atoms with van der Waals surface area (Å²) in [5.41, 5.74) is 2.02. The third-order valence-corrected chi connectivity index (χ3v) is 4.28. The number of hydrogen-bond acceptors (Lipinski definition) is 6. The smallest absolute Gasteiger partial charge is 0.356 e. The predicted octanol–water partition coefficient (Wildman–Crippen LogP) is 4.23. The molecule has 0 aromatic carbocycles. The standard InChI is InChI=1S/C21H26N2O4/c1-26-21(25)20-12-8-11-19(23-20)17-9-7-10-18(15-17)27-14-6-4-2-3-5-13-22-16-24/h8-9,11-12,15H,2-7,10,13-14H2,1H3. The number of allylic oxidation sites excluding steroid dienone is 4. The van der Waals surface area contributed by atoms with Crippen molar-refractivity contribution in [2.24, 2.45) is 4.99 Å². The van der Waals surface area contributed by atoms with Crippen LogP contribution in [0.3, 0.4) is 0 Å². The maximum absolute atomic E-state index is 11.6. The van der Waals surface area contributed by atoms with E-state index in [2.05, 4.69) is 16.1 Å². The van der Waals surface area contributed by atoms with Gasteiger partial charge in [0.25, 0.3) is 0 Å². The Balaban J connectivity index is 1.77. The summed E-state index contributed by atoms with van der Waals surface area (Å²) in [7, 11) is 1.35. The van der Waals surface area contributed by atoms with E-state index >= 15 is 0 Å². The van der Waals surface area contributed by atoms with Crippen LogP contribution in [0, 0.1) is 0 Å². The molecule has 0 spiro atoms. The number of hydrogen-bond donors (Lipinski definition) is 0. The van der Waals surface area contributed by atoms with E-state index in [1.165, 1.54) is 7.11 Å². The fourth-order valence-electron chi connectivity index (χ4n) is 2.85. The van der Waals surface area contributed by atoms with Gasteiger partial charge in [-0.1, -0.05) is 31.4 Å². The van der Waals surface area contributed by atoms with Crippen molar-refractivity contribution in [1.82, 2.24) is 4.98 Å². The van der Waals surface area contributed by atoms with E-state index in [4.69, 9.17) is 9.47 Å². The van der Waals surface area contributed by atoms with Crippen molar-refractivity contribution in [1.29, 1.82) is 0 Å². The lowest BCUT2D eigenvalue weighted by Crippen LogP contribution is -2.06. The topological polar surface area (TPSA) is 77.9 Å². The SMILES string of the molecule is COC(=O)c1cccc(C2=CCCC(OCCCCCCCN=C=O)=C2)n1. The molecular weight excluding hydrogens is 344 g/mol. The van der Waals surface area contributed by atoms with Gasteiger partial charge in [0.15, 0.2) is 0 Å². The Morgan fingerprint density at radius 1 is 1.22 bits per heavy atom. The number of rotatable bonds is 11. The van der Waals surface area contributed by atoms with Gasteiger partial charge in [-0.3, -0.25) is 0 Å². The van der Waals surface area contributed by atoms with Gasteiger partial charge in [0.05, 0.1) is 31.7 Å². The van der Waals surface area contributed by atoms with Crippen LogP contribution in [-0.2, 0) is 14.3 Å². The molecule has 6 heteroatoms. The van der Waals surface area contributed by atoms with E-state index in [9.17, 15) is 9.59 Å². The Hall–Kier alpha value is -2.72. The second-order valence-electron chi connectivity index (χ2n) is 6.30. The number of unbranched alkanes of at least 4 members (excludes halogenated alkanes) is 4. The molecule has 0 bridgehead atoms. The monoisotopic (exact) mass is 370 g/mol. The van der Waals surface area contributed by atoms with Gasteiger partial charge >= 0.3 is 5.97 Å². The Morgan fingerprint density at radius 2 is 2.04 bits per heavy atom. The van der Waals surface area contributed by atoms with Crippen LogP contribution in [0.15, 0.2) is 41.1 Å². The summed E-state index contributed by atoms with van der Waals surface area (Å²) in [6.07, 6.45) is 12.7.